The average Bonchev–Trinajstić information content (AvgIpc) is 2.96. The highest BCUT2D eigenvalue weighted by Crippen LogP contribution is 2.41. The molecule has 4 nitrogen and oxygen atoms in total. The number of benzene rings is 2. The lowest BCUT2D eigenvalue weighted by Gasteiger charge is -2.42. The molecule has 118 valence electrons. The predicted molar refractivity (Wildman–Crippen MR) is 90.4 cm³/mol. The summed E-state index contributed by atoms with van der Waals surface area (Å²) in [6.45, 7) is 0.822. The van der Waals surface area contributed by atoms with Crippen molar-refractivity contribution >= 4 is 27.9 Å². The molecule has 0 unspecified atom stereocenters. The van der Waals surface area contributed by atoms with Gasteiger partial charge in [-0.25, -0.2) is 14.4 Å². The van der Waals surface area contributed by atoms with Gasteiger partial charge in [0.15, 0.2) is 11.4 Å². The van der Waals surface area contributed by atoms with Crippen molar-refractivity contribution in [3.63, 3.8) is 0 Å². The molecule has 5 rings (SSSR count). The van der Waals surface area contributed by atoms with E-state index in [2.05, 4.69) is 14.9 Å². The summed E-state index contributed by atoms with van der Waals surface area (Å²) in [6, 6.07) is 14.7. The van der Waals surface area contributed by atoms with Gasteiger partial charge in [0.1, 0.15) is 23.2 Å². The number of anilines is 1. The number of fused-ring (bicyclic) bond motifs is 3. The van der Waals surface area contributed by atoms with Crippen LogP contribution < -0.4 is 4.90 Å². The van der Waals surface area contributed by atoms with Crippen LogP contribution in [-0.2, 0) is 0 Å². The molecule has 0 N–H and O–H groups in total. The van der Waals surface area contributed by atoms with Crippen molar-refractivity contribution in [3.8, 4) is 0 Å². The number of halogens is 1. The van der Waals surface area contributed by atoms with Gasteiger partial charge in [0, 0.05) is 17.5 Å². The molecule has 0 saturated carbocycles. The zero-order valence-corrected chi connectivity index (χ0v) is 12.8. The molecule has 24 heavy (non-hydrogen) atoms. The normalized spacial score (nSPS) is 17.4. The Labute approximate surface area is 137 Å². The molecule has 4 aromatic rings. The summed E-state index contributed by atoms with van der Waals surface area (Å²) >= 11 is 0. The quantitative estimate of drug-likeness (QED) is 0.547. The zero-order valence-electron chi connectivity index (χ0n) is 12.8. The van der Waals surface area contributed by atoms with Gasteiger partial charge in [-0.2, -0.15) is 0 Å². The molecule has 1 atom stereocenters. The van der Waals surface area contributed by atoms with Gasteiger partial charge in [0.2, 0.25) is 0 Å². The number of aromatic nitrogens is 2. The molecule has 1 aliphatic heterocycles. The second kappa shape index (κ2) is 5.03. The molecule has 0 bridgehead atoms. The first kappa shape index (κ1) is 13.5. The Morgan fingerprint density at radius 2 is 1.88 bits per heavy atom. The van der Waals surface area contributed by atoms with Gasteiger partial charge in [-0.05, 0) is 24.6 Å². The van der Waals surface area contributed by atoms with Crippen molar-refractivity contribution in [1.82, 2.24) is 9.97 Å². The van der Waals surface area contributed by atoms with E-state index in [0.29, 0.717) is 11.1 Å². The van der Waals surface area contributed by atoms with Crippen LogP contribution in [-0.4, -0.2) is 16.5 Å². The highest BCUT2D eigenvalue weighted by atomic mass is 19.1. The third-order valence-electron chi connectivity index (χ3n) is 4.70. The average molecular weight is 319 g/mol. The summed E-state index contributed by atoms with van der Waals surface area (Å²) in [5.41, 5.74) is 2.96. The minimum absolute atomic E-state index is 0.0162. The van der Waals surface area contributed by atoms with Crippen LogP contribution in [0.5, 0.6) is 0 Å². The predicted octanol–water partition coefficient (Wildman–Crippen LogP) is 4.47. The molecule has 0 radical (unpaired) electrons. The van der Waals surface area contributed by atoms with Crippen LogP contribution in [0.3, 0.4) is 0 Å². The molecule has 2 aromatic carbocycles. The molecule has 2 aromatic heterocycles. The van der Waals surface area contributed by atoms with E-state index in [1.807, 2.05) is 36.4 Å². The van der Waals surface area contributed by atoms with Gasteiger partial charge >= 0.3 is 0 Å². The second-order valence-corrected chi connectivity index (χ2v) is 5.99. The van der Waals surface area contributed by atoms with Crippen LogP contribution in [0.15, 0.2) is 59.3 Å². The van der Waals surface area contributed by atoms with Gasteiger partial charge < -0.3 is 9.32 Å². The van der Waals surface area contributed by atoms with Crippen LogP contribution in [0.1, 0.15) is 18.0 Å². The van der Waals surface area contributed by atoms with Crippen molar-refractivity contribution in [2.45, 2.75) is 12.5 Å². The minimum atomic E-state index is -0.179. The Bertz CT molecular complexity index is 1060. The summed E-state index contributed by atoms with van der Waals surface area (Å²) in [4.78, 5) is 10.9. The van der Waals surface area contributed by atoms with E-state index in [9.17, 15) is 4.39 Å². The zero-order chi connectivity index (χ0) is 16.1. The van der Waals surface area contributed by atoms with E-state index in [4.69, 9.17) is 4.42 Å². The minimum Gasteiger partial charge on any atom is -0.450 e. The summed E-state index contributed by atoms with van der Waals surface area (Å²) in [5, 5.41) is 0.971. The molecule has 0 aliphatic carbocycles. The number of hydrogen-bond acceptors (Lipinski definition) is 4. The molecule has 0 spiro atoms. The Hall–Kier alpha value is -2.95. The van der Waals surface area contributed by atoms with Gasteiger partial charge in [0.05, 0.1) is 6.04 Å². The largest absolute Gasteiger partial charge is 0.450 e. The number of rotatable bonds is 2. The van der Waals surface area contributed by atoms with Gasteiger partial charge in [-0.1, -0.05) is 30.3 Å². The van der Waals surface area contributed by atoms with Crippen LogP contribution in [0.4, 0.5) is 10.2 Å². The highest BCUT2D eigenvalue weighted by Gasteiger charge is 2.34. The third-order valence-corrected chi connectivity index (χ3v) is 4.70. The maximum atomic E-state index is 14.1. The lowest BCUT2D eigenvalue weighted by molar-refractivity contribution is 0.439. The maximum Gasteiger partial charge on any atom is 0.196 e. The second-order valence-electron chi connectivity index (χ2n) is 5.99. The van der Waals surface area contributed by atoms with E-state index >= 15 is 0 Å². The fourth-order valence-corrected chi connectivity index (χ4v) is 3.43. The lowest BCUT2D eigenvalue weighted by atomic mass is 9.94. The van der Waals surface area contributed by atoms with Crippen molar-refractivity contribution < 1.29 is 8.81 Å². The van der Waals surface area contributed by atoms with Crippen molar-refractivity contribution in [2.75, 3.05) is 11.4 Å². The molecule has 3 heterocycles. The smallest absolute Gasteiger partial charge is 0.196 e. The molecule has 0 amide bonds. The molecule has 5 heteroatoms. The Morgan fingerprint density at radius 3 is 2.71 bits per heavy atom. The molecular formula is C19H14FN3O. The summed E-state index contributed by atoms with van der Waals surface area (Å²) < 4.78 is 20.1. The molecular weight excluding hydrogens is 305 g/mol. The van der Waals surface area contributed by atoms with Crippen LogP contribution in [0.2, 0.25) is 0 Å². The Kier molecular flexibility index (Phi) is 2.82. The first-order chi connectivity index (χ1) is 11.8. The third kappa shape index (κ3) is 1.84. The first-order valence-electron chi connectivity index (χ1n) is 7.96. The standard InChI is InChI=1S/C19H14FN3O/c20-14-7-3-1-5-12(14)15-9-10-23(15)19-18-17(21-11-22-19)13-6-2-4-8-16(13)24-18/h1-8,11,15H,9-10H2/t15-/m1/s1. The first-order valence-corrected chi connectivity index (χ1v) is 7.96. The van der Waals surface area contributed by atoms with Crippen LogP contribution >= 0.6 is 0 Å². The summed E-state index contributed by atoms with van der Waals surface area (Å²) in [5.74, 6) is 0.554. The van der Waals surface area contributed by atoms with Crippen molar-refractivity contribution in [3.05, 3.63) is 66.2 Å². The Balaban J connectivity index is 1.66. The number of nitrogens with zero attached hydrogens (tertiary/aromatic N) is 3. The molecule has 1 aliphatic rings. The van der Waals surface area contributed by atoms with E-state index in [-0.39, 0.29) is 11.9 Å². The lowest BCUT2D eigenvalue weighted by Crippen LogP contribution is -2.42. The molecule has 1 fully saturated rings. The van der Waals surface area contributed by atoms with Crippen LogP contribution in [0, 0.1) is 5.82 Å². The number of para-hydroxylation sites is 1. The van der Waals surface area contributed by atoms with Gasteiger partial charge in [-0.3, -0.25) is 0 Å². The van der Waals surface area contributed by atoms with E-state index in [0.717, 1.165) is 35.3 Å². The topological polar surface area (TPSA) is 42.2 Å². The summed E-state index contributed by atoms with van der Waals surface area (Å²) in [7, 11) is 0. The monoisotopic (exact) mass is 319 g/mol. The van der Waals surface area contributed by atoms with Crippen molar-refractivity contribution in [1.29, 1.82) is 0 Å². The fraction of sp³-hybridized carbons (Fsp3) is 0.158. The van der Waals surface area contributed by atoms with Gasteiger partial charge in [0.25, 0.3) is 0 Å². The maximum absolute atomic E-state index is 14.1. The Morgan fingerprint density at radius 1 is 1.04 bits per heavy atom. The van der Waals surface area contributed by atoms with Gasteiger partial charge in [-0.15, -0.1) is 0 Å². The van der Waals surface area contributed by atoms with Crippen molar-refractivity contribution in [2.24, 2.45) is 0 Å². The summed E-state index contributed by atoms with van der Waals surface area (Å²) in [6.07, 6.45) is 2.45. The molecule has 1 saturated heterocycles. The van der Waals surface area contributed by atoms with E-state index in [1.165, 1.54) is 6.07 Å². The van der Waals surface area contributed by atoms with E-state index in [1.54, 1.807) is 12.4 Å². The van der Waals surface area contributed by atoms with Crippen LogP contribution in [0.25, 0.3) is 22.1 Å². The SMILES string of the molecule is Fc1ccccc1[C@H]1CCN1c1ncnc2c1oc1ccccc12. The highest BCUT2D eigenvalue weighted by molar-refractivity contribution is 6.05. The number of furan rings is 1. The fourth-order valence-electron chi connectivity index (χ4n) is 3.43. The number of hydrogen-bond donors (Lipinski definition) is 0. The van der Waals surface area contributed by atoms with E-state index < -0.39 is 0 Å².